The first-order valence-corrected chi connectivity index (χ1v) is 7.74. The van der Waals surface area contributed by atoms with Gasteiger partial charge >= 0.3 is 6.18 Å². The maximum atomic E-state index is 12.3. The van der Waals surface area contributed by atoms with Crippen molar-refractivity contribution < 1.29 is 22.8 Å². The zero-order valence-corrected chi connectivity index (χ0v) is 14.4. The first kappa shape index (κ1) is 19.6. The summed E-state index contributed by atoms with van der Waals surface area (Å²) in [4.78, 5) is 24.7. The summed E-state index contributed by atoms with van der Waals surface area (Å²) >= 11 is 5.96. The third-order valence-corrected chi connectivity index (χ3v) is 3.80. The number of alkyl halides is 3. The van der Waals surface area contributed by atoms with Gasteiger partial charge in [-0.25, -0.2) is 0 Å². The molecule has 0 aliphatic rings. The summed E-state index contributed by atoms with van der Waals surface area (Å²) in [6, 6.07) is 10.2. The lowest BCUT2D eigenvalue weighted by molar-refractivity contribution is -0.151. The highest BCUT2D eigenvalue weighted by atomic mass is 35.5. The van der Waals surface area contributed by atoms with Crippen molar-refractivity contribution in [3.63, 3.8) is 0 Å². The van der Waals surface area contributed by atoms with Crippen LogP contribution in [0, 0.1) is 0 Å². The monoisotopic (exact) mass is 385 g/mol. The number of nitrogens with one attached hydrogen (secondary N) is 1. The fraction of sp³-hybridized carbons (Fsp3) is 0.176. The van der Waals surface area contributed by atoms with Gasteiger partial charge in [-0.15, -0.1) is 0 Å². The molecule has 0 fully saturated rings. The molecule has 3 N–H and O–H groups in total. The van der Waals surface area contributed by atoms with Gasteiger partial charge in [0.05, 0.1) is 10.6 Å². The summed E-state index contributed by atoms with van der Waals surface area (Å²) < 4.78 is 36.9. The van der Waals surface area contributed by atoms with Crippen molar-refractivity contribution in [2.75, 3.05) is 23.0 Å². The molecule has 0 saturated carbocycles. The van der Waals surface area contributed by atoms with Crippen molar-refractivity contribution in [1.29, 1.82) is 0 Å². The summed E-state index contributed by atoms with van der Waals surface area (Å²) in [7, 11) is 1.24. The second-order valence-electron chi connectivity index (χ2n) is 5.48. The van der Waals surface area contributed by atoms with E-state index in [1.165, 1.54) is 43.4 Å². The summed E-state index contributed by atoms with van der Waals surface area (Å²) in [6.07, 6.45) is -6.12. The van der Waals surface area contributed by atoms with Crippen LogP contribution in [-0.2, 0) is 4.79 Å². The number of nitrogens with zero attached hydrogens (tertiary/aromatic N) is 1. The van der Waals surface area contributed by atoms with Gasteiger partial charge in [0.2, 0.25) is 5.91 Å². The third-order valence-electron chi connectivity index (χ3n) is 3.47. The summed E-state index contributed by atoms with van der Waals surface area (Å²) in [5.41, 5.74) is 6.84. The zero-order valence-electron chi connectivity index (χ0n) is 13.6. The minimum Gasteiger partial charge on any atom is -0.399 e. The van der Waals surface area contributed by atoms with E-state index in [2.05, 4.69) is 5.32 Å². The largest absolute Gasteiger partial charge is 0.399 e. The van der Waals surface area contributed by atoms with E-state index >= 15 is 0 Å². The molecule has 138 valence electrons. The quantitative estimate of drug-likeness (QED) is 0.778. The molecule has 26 heavy (non-hydrogen) atoms. The Balaban J connectivity index is 2.08. The van der Waals surface area contributed by atoms with Crippen LogP contribution in [0.25, 0.3) is 0 Å². The molecule has 0 aromatic heterocycles. The smallest absolute Gasteiger partial charge is 0.397 e. The normalized spacial score (nSPS) is 11.1. The lowest BCUT2D eigenvalue weighted by atomic mass is 10.1. The van der Waals surface area contributed by atoms with Crippen LogP contribution in [-0.4, -0.2) is 25.0 Å². The molecule has 0 radical (unpaired) electrons. The Bertz CT molecular complexity index is 823. The van der Waals surface area contributed by atoms with Gasteiger partial charge in [0.1, 0.15) is 6.42 Å². The van der Waals surface area contributed by atoms with Gasteiger partial charge in [-0.3, -0.25) is 9.59 Å². The average Bonchev–Trinajstić information content (AvgIpc) is 2.55. The lowest BCUT2D eigenvalue weighted by Crippen LogP contribution is -2.30. The van der Waals surface area contributed by atoms with Gasteiger partial charge in [0, 0.05) is 24.1 Å². The summed E-state index contributed by atoms with van der Waals surface area (Å²) in [6.45, 7) is 0. The van der Waals surface area contributed by atoms with E-state index in [0.29, 0.717) is 11.4 Å². The van der Waals surface area contributed by atoms with Crippen molar-refractivity contribution in [1.82, 2.24) is 0 Å². The fourth-order valence-electron chi connectivity index (χ4n) is 2.12. The molecule has 0 spiro atoms. The molecule has 0 aliphatic carbocycles. The molecule has 2 aromatic rings. The Kier molecular flexibility index (Phi) is 5.76. The standard InChI is InChI=1S/C17H15ClF3N3O2/c1-24(15(25)9-17(19,20)21)12-5-3-11(4-6-12)23-16(26)13-8-10(22)2-7-14(13)18/h2-8H,9,22H2,1H3,(H,23,26). The summed E-state index contributed by atoms with van der Waals surface area (Å²) in [5, 5.41) is 2.83. The van der Waals surface area contributed by atoms with E-state index in [-0.39, 0.29) is 16.3 Å². The Morgan fingerprint density at radius 1 is 1.15 bits per heavy atom. The SMILES string of the molecule is CN(C(=O)CC(F)(F)F)c1ccc(NC(=O)c2cc(N)ccc2Cl)cc1. The van der Waals surface area contributed by atoms with E-state index in [9.17, 15) is 22.8 Å². The number of anilines is 3. The molecular formula is C17H15ClF3N3O2. The molecule has 0 bridgehead atoms. The maximum Gasteiger partial charge on any atom is 0.397 e. The number of halogens is 4. The van der Waals surface area contributed by atoms with E-state index in [1.54, 1.807) is 6.07 Å². The van der Waals surface area contributed by atoms with E-state index in [0.717, 1.165) is 4.90 Å². The van der Waals surface area contributed by atoms with Crippen molar-refractivity contribution in [3.05, 3.63) is 53.1 Å². The predicted octanol–water partition coefficient (Wildman–Crippen LogP) is 4.09. The fourth-order valence-corrected chi connectivity index (χ4v) is 2.32. The van der Waals surface area contributed by atoms with Crippen LogP contribution in [0.2, 0.25) is 5.02 Å². The highest BCUT2D eigenvalue weighted by molar-refractivity contribution is 6.34. The Morgan fingerprint density at radius 2 is 1.77 bits per heavy atom. The van der Waals surface area contributed by atoms with Gasteiger partial charge in [-0.05, 0) is 42.5 Å². The number of nitrogen functional groups attached to an aromatic ring is 1. The molecule has 0 saturated heterocycles. The number of carbonyl (C=O) groups is 2. The van der Waals surface area contributed by atoms with E-state index in [1.807, 2.05) is 0 Å². The van der Waals surface area contributed by atoms with Gasteiger partial charge in [0.15, 0.2) is 0 Å². The number of hydrogen-bond acceptors (Lipinski definition) is 3. The number of amides is 2. The van der Waals surface area contributed by atoms with Crippen LogP contribution in [0.3, 0.4) is 0 Å². The average molecular weight is 386 g/mol. The van der Waals surface area contributed by atoms with Crippen LogP contribution in [0.5, 0.6) is 0 Å². The number of nitrogens with two attached hydrogens (primary N) is 1. The van der Waals surface area contributed by atoms with E-state index in [4.69, 9.17) is 17.3 Å². The van der Waals surface area contributed by atoms with Gasteiger partial charge in [-0.1, -0.05) is 11.6 Å². The molecular weight excluding hydrogens is 371 g/mol. The number of hydrogen-bond donors (Lipinski definition) is 2. The van der Waals surface area contributed by atoms with Gasteiger partial charge in [-0.2, -0.15) is 13.2 Å². The van der Waals surface area contributed by atoms with Gasteiger partial charge < -0.3 is 16.0 Å². The summed E-state index contributed by atoms with van der Waals surface area (Å²) in [5.74, 6) is -1.57. The Morgan fingerprint density at radius 3 is 2.35 bits per heavy atom. The zero-order chi connectivity index (χ0) is 19.5. The van der Waals surface area contributed by atoms with E-state index < -0.39 is 24.4 Å². The highest BCUT2D eigenvalue weighted by Gasteiger charge is 2.32. The molecule has 5 nitrogen and oxygen atoms in total. The molecule has 0 heterocycles. The third kappa shape index (κ3) is 5.13. The second kappa shape index (κ2) is 7.65. The minimum absolute atomic E-state index is 0.188. The topological polar surface area (TPSA) is 75.4 Å². The number of carbonyl (C=O) groups excluding carboxylic acids is 2. The van der Waals surface area contributed by atoms with Crippen LogP contribution in [0.15, 0.2) is 42.5 Å². The minimum atomic E-state index is -4.57. The molecule has 2 rings (SSSR count). The van der Waals surface area contributed by atoms with Crippen molar-refractivity contribution >= 4 is 40.5 Å². The molecule has 2 amide bonds. The lowest BCUT2D eigenvalue weighted by Gasteiger charge is -2.18. The van der Waals surface area contributed by atoms with Crippen molar-refractivity contribution in [2.24, 2.45) is 0 Å². The second-order valence-corrected chi connectivity index (χ2v) is 5.89. The molecule has 9 heteroatoms. The molecule has 2 aromatic carbocycles. The molecule has 0 aliphatic heterocycles. The van der Waals surface area contributed by atoms with Crippen molar-refractivity contribution in [3.8, 4) is 0 Å². The highest BCUT2D eigenvalue weighted by Crippen LogP contribution is 2.24. The predicted molar refractivity (Wildman–Crippen MR) is 94.3 cm³/mol. The Labute approximate surface area is 152 Å². The van der Waals surface area contributed by atoms with Crippen LogP contribution in [0.4, 0.5) is 30.2 Å². The number of benzene rings is 2. The van der Waals surface area contributed by atoms with Gasteiger partial charge in [0.25, 0.3) is 5.91 Å². The first-order chi connectivity index (χ1) is 12.1. The first-order valence-electron chi connectivity index (χ1n) is 7.36. The Hall–Kier alpha value is -2.74. The maximum absolute atomic E-state index is 12.3. The molecule has 0 unspecified atom stereocenters. The van der Waals surface area contributed by atoms with Crippen LogP contribution in [0.1, 0.15) is 16.8 Å². The van der Waals surface area contributed by atoms with Crippen molar-refractivity contribution in [2.45, 2.75) is 12.6 Å². The molecule has 0 atom stereocenters. The number of rotatable bonds is 4. The van der Waals surface area contributed by atoms with Crippen LogP contribution >= 0.6 is 11.6 Å². The van der Waals surface area contributed by atoms with Crippen LogP contribution < -0.4 is 16.0 Å².